The number of benzene rings is 1. The van der Waals surface area contributed by atoms with Gasteiger partial charge in [0, 0.05) is 28.3 Å². The maximum Gasteiger partial charge on any atom is 0.309 e. The predicted octanol–water partition coefficient (Wildman–Crippen LogP) is 3.05. The summed E-state index contributed by atoms with van der Waals surface area (Å²) in [7, 11) is 0. The van der Waals surface area contributed by atoms with Gasteiger partial charge in [0.25, 0.3) is 0 Å². The maximum absolute atomic E-state index is 12.2. The van der Waals surface area contributed by atoms with Crippen LogP contribution in [0.15, 0.2) is 42.5 Å². The van der Waals surface area contributed by atoms with Crippen LogP contribution in [0.2, 0.25) is 0 Å². The molecule has 0 spiro atoms. The summed E-state index contributed by atoms with van der Waals surface area (Å²) in [4.78, 5) is 26.5. The number of carbonyl (C=O) groups is 2. The Labute approximate surface area is 163 Å². The van der Waals surface area contributed by atoms with E-state index in [1.165, 1.54) is 4.88 Å². The third-order valence-electron chi connectivity index (χ3n) is 5.21. The topological polar surface area (TPSA) is 78.4 Å². The largest absolute Gasteiger partial charge is 0.388 e. The molecule has 0 bridgehead atoms. The second-order valence-corrected chi connectivity index (χ2v) is 8.33. The highest BCUT2D eigenvalue weighted by molar-refractivity contribution is 7.12. The lowest BCUT2D eigenvalue weighted by Gasteiger charge is -2.28. The summed E-state index contributed by atoms with van der Waals surface area (Å²) in [5, 5.41) is 15.3. The van der Waals surface area contributed by atoms with Gasteiger partial charge in [-0.1, -0.05) is 43.2 Å². The van der Waals surface area contributed by atoms with Crippen LogP contribution in [0, 0.1) is 0 Å². The number of hydrogen-bond donors (Lipinski definition) is 3. The third kappa shape index (κ3) is 4.76. The Morgan fingerprint density at radius 2 is 1.74 bits per heavy atom. The van der Waals surface area contributed by atoms with E-state index in [1.54, 1.807) is 18.3 Å². The van der Waals surface area contributed by atoms with Crippen molar-refractivity contribution in [3.8, 4) is 0 Å². The summed E-state index contributed by atoms with van der Waals surface area (Å²) in [6.07, 6.45) is 3.70. The van der Waals surface area contributed by atoms with E-state index in [2.05, 4.69) is 16.7 Å². The van der Waals surface area contributed by atoms with Gasteiger partial charge in [-0.05, 0) is 37.5 Å². The number of carbonyl (C=O) groups excluding carboxylic acids is 2. The average molecular weight is 387 g/mol. The van der Waals surface area contributed by atoms with Gasteiger partial charge in [0.05, 0.1) is 6.10 Å². The molecule has 5 nitrogen and oxygen atoms in total. The molecule has 1 aliphatic rings. The van der Waals surface area contributed by atoms with Crippen LogP contribution in [0.25, 0.3) is 0 Å². The van der Waals surface area contributed by atoms with E-state index >= 15 is 0 Å². The molecule has 1 saturated carbocycles. The van der Waals surface area contributed by atoms with Gasteiger partial charge >= 0.3 is 11.8 Å². The van der Waals surface area contributed by atoms with E-state index in [1.807, 2.05) is 36.4 Å². The molecule has 3 rings (SSSR count). The normalized spacial score (nSPS) is 16.7. The standard InChI is InChI=1S/C21H26N2O3S/c1-15(24)17-9-10-18(27-17)21(11-5-6-12-21)14-23-20(26)19(25)22-13-16-7-3-2-4-8-16/h2-4,7-10,15,24H,5-6,11-14H2,1H3,(H,22,25)(H,23,26). The zero-order valence-electron chi connectivity index (χ0n) is 15.5. The van der Waals surface area contributed by atoms with Gasteiger partial charge < -0.3 is 15.7 Å². The van der Waals surface area contributed by atoms with Crippen LogP contribution in [-0.2, 0) is 21.5 Å². The van der Waals surface area contributed by atoms with E-state index in [0.717, 1.165) is 36.1 Å². The Hall–Kier alpha value is -2.18. The zero-order chi connectivity index (χ0) is 19.3. The van der Waals surface area contributed by atoms with E-state index in [-0.39, 0.29) is 5.41 Å². The number of amides is 2. The molecule has 1 unspecified atom stereocenters. The van der Waals surface area contributed by atoms with Crippen LogP contribution in [0.1, 0.15) is 54.0 Å². The monoisotopic (exact) mass is 386 g/mol. The van der Waals surface area contributed by atoms with Crippen molar-refractivity contribution in [2.45, 2.75) is 50.7 Å². The lowest BCUT2D eigenvalue weighted by atomic mass is 9.84. The number of rotatable bonds is 6. The highest BCUT2D eigenvalue weighted by Gasteiger charge is 2.37. The van der Waals surface area contributed by atoms with Gasteiger partial charge in [0.2, 0.25) is 0 Å². The first-order valence-electron chi connectivity index (χ1n) is 9.38. The Bertz CT molecular complexity index is 780. The Morgan fingerprint density at radius 1 is 1.07 bits per heavy atom. The van der Waals surface area contributed by atoms with Crippen molar-refractivity contribution < 1.29 is 14.7 Å². The maximum atomic E-state index is 12.2. The molecule has 0 saturated heterocycles. The van der Waals surface area contributed by atoms with Gasteiger partial charge in [-0.3, -0.25) is 9.59 Å². The van der Waals surface area contributed by atoms with Crippen molar-refractivity contribution in [3.63, 3.8) is 0 Å². The first kappa shape index (κ1) is 19.6. The summed E-state index contributed by atoms with van der Waals surface area (Å²) < 4.78 is 0. The summed E-state index contributed by atoms with van der Waals surface area (Å²) in [6.45, 7) is 2.54. The molecule has 0 radical (unpaired) electrons. The molecule has 1 aromatic heterocycles. The first-order chi connectivity index (χ1) is 13.0. The Kier molecular flexibility index (Phi) is 6.29. The van der Waals surface area contributed by atoms with Crippen LogP contribution in [0.5, 0.6) is 0 Å². The van der Waals surface area contributed by atoms with Crippen LogP contribution < -0.4 is 10.6 Å². The highest BCUT2D eigenvalue weighted by Crippen LogP contribution is 2.44. The number of aliphatic hydroxyl groups is 1. The minimum atomic E-state index is -0.608. The number of hydrogen-bond acceptors (Lipinski definition) is 4. The minimum Gasteiger partial charge on any atom is -0.388 e. The van der Waals surface area contributed by atoms with Gasteiger partial charge in [-0.15, -0.1) is 11.3 Å². The van der Waals surface area contributed by atoms with Gasteiger partial charge in [0.1, 0.15) is 0 Å². The predicted molar refractivity (Wildman–Crippen MR) is 106 cm³/mol. The molecule has 1 atom stereocenters. The quantitative estimate of drug-likeness (QED) is 0.668. The van der Waals surface area contributed by atoms with Crippen LogP contribution >= 0.6 is 11.3 Å². The highest BCUT2D eigenvalue weighted by atomic mass is 32.1. The SMILES string of the molecule is CC(O)c1ccc(C2(CNC(=O)C(=O)NCc3ccccc3)CCCC2)s1. The molecule has 2 aromatic rings. The number of nitrogens with one attached hydrogen (secondary N) is 2. The van der Waals surface area contributed by atoms with Crippen molar-refractivity contribution in [2.75, 3.05) is 6.54 Å². The summed E-state index contributed by atoms with van der Waals surface area (Å²) in [6, 6.07) is 13.5. The summed E-state index contributed by atoms with van der Waals surface area (Å²) in [5.74, 6) is -1.20. The third-order valence-corrected chi connectivity index (χ3v) is 6.71. The van der Waals surface area contributed by atoms with Crippen molar-refractivity contribution in [1.29, 1.82) is 0 Å². The van der Waals surface area contributed by atoms with E-state index in [4.69, 9.17) is 0 Å². The van der Waals surface area contributed by atoms with Gasteiger partial charge in [0.15, 0.2) is 0 Å². The minimum absolute atomic E-state index is 0.132. The molecule has 2 amide bonds. The average Bonchev–Trinajstić information content (AvgIpc) is 3.35. The van der Waals surface area contributed by atoms with E-state index < -0.39 is 17.9 Å². The fourth-order valence-corrected chi connectivity index (χ4v) is 4.80. The Morgan fingerprint density at radius 3 is 2.37 bits per heavy atom. The van der Waals surface area contributed by atoms with E-state index in [9.17, 15) is 14.7 Å². The second kappa shape index (κ2) is 8.67. The fraction of sp³-hybridized carbons (Fsp3) is 0.429. The molecule has 144 valence electrons. The van der Waals surface area contributed by atoms with Crippen LogP contribution in [-0.4, -0.2) is 23.5 Å². The second-order valence-electron chi connectivity index (χ2n) is 7.22. The summed E-state index contributed by atoms with van der Waals surface area (Å²) in [5.41, 5.74) is 0.822. The zero-order valence-corrected chi connectivity index (χ0v) is 16.3. The molecule has 3 N–H and O–H groups in total. The van der Waals surface area contributed by atoms with Gasteiger partial charge in [-0.25, -0.2) is 0 Å². The molecule has 1 aliphatic carbocycles. The summed E-state index contributed by atoms with van der Waals surface area (Å²) >= 11 is 1.60. The molecular formula is C21H26N2O3S. The fourth-order valence-electron chi connectivity index (χ4n) is 3.61. The molecule has 1 heterocycles. The van der Waals surface area contributed by atoms with Crippen molar-refractivity contribution in [1.82, 2.24) is 10.6 Å². The lowest BCUT2D eigenvalue weighted by molar-refractivity contribution is -0.139. The smallest absolute Gasteiger partial charge is 0.309 e. The van der Waals surface area contributed by atoms with Crippen molar-refractivity contribution in [2.24, 2.45) is 0 Å². The molecule has 6 heteroatoms. The van der Waals surface area contributed by atoms with Crippen LogP contribution in [0.4, 0.5) is 0 Å². The molecule has 1 fully saturated rings. The number of thiophene rings is 1. The van der Waals surface area contributed by atoms with Crippen molar-refractivity contribution >= 4 is 23.2 Å². The lowest BCUT2D eigenvalue weighted by Crippen LogP contribution is -2.45. The van der Waals surface area contributed by atoms with Crippen molar-refractivity contribution in [3.05, 3.63) is 57.8 Å². The molecular weight excluding hydrogens is 360 g/mol. The van der Waals surface area contributed by atoms with Crippen LogP contribution in [0.3, 0.4) is 0 Å². The first-order valence-corrected chi connectivity index (χ1v) is 10.2. The number of aliphatic hydroxyl groups excluding tert-OH is 1. The Balaban J connectivity index is 1.58. The molecule has 27 heavy (non-hydrogen) atoms. The van der Waals surface area contributed by atoms with Gasteiger partial charge in [-0.2, -0.15) is 0 Å². The molecule has 0 aliphatic heterocycles. The van der Waals surface area contributed by atoms with E-state index in [0.29, 0.717) is 13.1 Å². The molecule has 1 aromatic carbocycles.